The number of rotatable bonds is 4. The van der Waals surface area contributed by atoms with E-state index in [1.165, 1.54) is 0 Å². The number of aliphatic carboxylic acids is 1. The molecule has 0 aromatic rings. The maximum Gasteiger partial charge on any atom is 0.332 e. The van der Waals surface area contributed by atoms with Crippen LogP contribution >= 0.6 is 0 Å². The minimum atomic E-state index is -0.909. The Hall–Kier alpha value is -0.830. The lowest BCUT2D eigenvalue weighted by atomic mass is 9.85. The highest BCUT2D eigenvalue weighted by molar-refractivity contribution is 5.87. The van der Waals surface area contributed by atoms with Crippen LogP contribution in [0.5, 0.6) is 0 Å². The minimum absolute atomic E-state index is 0.0903. The van der Waals surface area contributed by atoms with Crippen molar-refractivity contribution in [1.82, 2.24) is 4.90 Å². The molecular formula is C11H21NO2. The zero-order valence-electron chi connectivity index (χ0n) is 9.79. The third-order valence-corrected chi connectivity index (χ3v) is 2.11. The smallest absolute Gasteiger partial charge is 0.332 e. The second-order valence-corrected chi connectivity index (χ2v) is 5.07. The maximum absolute atomic E-state index is 10.8. The molecular weight excluding hydrogens is 178 g/mol. The molecule has 0 aliphatic rings. The van der Waals surface area contributed by atoms with Crippen molar-refractivity contribution in [2.45, 2.75) is 33.2 Å². The number of carbonyl (C=O) groups is 1. The molecule has 1 atom stereocenters. The van der Waals surface area contributed by atoms with Crippen LogP contribution in [0.4, 0.5) is 0 Å². The van der Waals surface area contributed by atoms with Crippen LogP contribution in [0.2, 0.25) is 0 Å². The van der Waals surface area contributed by atoms with Crippen molar-refractivity contribution in [2.75, 3.05) is 14.1 Å². The zero-order valence-corrected chi connectivity index (χ0v) is 9.79. The fourth-order valence-corrected chi connectivity index (χ4v) is 1.34. The summed E-state index contributed by atoms with van der Waals surface area (Å²) in [5.41, 5.74) is 0.373. The van der Waals surface area contributed by atoms with E-state index in [-0.39, 0.29) is 17.0 Å². The Morgan fingerprint density at radius 1 is 1.43 bits per heavy atom. The van der Waals surface area contributed by atoms with Gasteiger partial charge in [0.15, 0.2) is 0 Å². The highest BCUT2D eigenvalue weighted by Gasteiger charge is 2.25. The van der Waals surface area contributed by atoms with Gasteiger partial charge in [-0.15, -0.1) is 0 Å². The number of nitrogens with zero attached hydrogens (tertiary/aromatic N) is 1. The first-order valence-electron chi connectivity index (χ1n) is 4.73. The van der Waals surface area contributed by atoms with Gasteiger partial charge in [0.05, 0.1) is 0 Å². The summed E-state index contributed by atoms with van der Waals surface area (Å²) in [6, 6.07) is -0.0903. The number of carboxylic acid groups (broad SMARTS) is 1. The van der Waals surface area contributed by atoms with Crippen molar-refractivity contribution >= 4 is 5.97 Å². The summed E-state index contributed by atoms with van der Waals surface area (Å²) in [7, 11) is 3.76. The van der Waals surface area contributed by atoms with Gasteiger partial charge >= 0.3 is 5.97 Å². The highest BCUT2D eigenvalue weighted by atomic mass is 16.4. The van der Waals surface area contributed by atoms with E-state index in [0.29, 0.717) is 0 Å². The predicted octanol–water partition coefficient (Wildman–Crippen LogP) is 1.99. The summed E-state index contributed by atoms with van der Waals surface area (Å²) in [6.45, 7) is 9.91. The van der Waals surface area contributed by atoms with Crippen LogP contribution in [-0.2, 0) is 4.79 Å². The van der Waals surface area contributed by atoms with Crippen molar-refractivity contribution in [3.8, 4) is 0 Å². The molecule has 0 aromatic heterocycles. The van der Waals surface area contributed by atoms with Gasteiger partial charge in [0.25, 0.3) is 0 Å². The van der Waals surface area contributed by atoms with Crippen LogP contribution < -0.4 is 0 Å². The molecule has 0 fully saturated rings. The van der Waals surface area contributed by atoms with E-state index in [9.17, 15) is 4.79 Å². The second kappa shape index (κ2) is 4.60. The van der Waals surface area contributed by atoms with E-state index < -0.39 is 5.97 Å². The quantitative estimate of drug-likeness (QED) is 0.704. The number of likely N-dealkylation sites (N-methyl/N-ethyl adjacent to an activating group) is 1. The van der Waals surface area contributed by atoms with Crippen LogP contribution in [0.3, 0.4) is 0 Å². The molecule has 0 bridgehead atoms. The first-order valence-corrected chi connectivity index (χ1v) is 4.73. The van der Waals surface area contributed by atoms with Crippen LogP contribution in [-0.4, -0.2) is 36.1 Å². The predicted molar refractivity (Wildman–Crippen MR) is 58.3 cm³/mol. The van der Waals surface area contributed by atoms with Gasteiger partial charge in [0.2, 0.25) is 0 Å². The summed E-state index contributed by atoms with van der Waals surface area (Å²) in [4.78, 5) is 12.7. The van der Waals surface area contributed by atoms with Gasteiger partial charge in [-0.25, -0.2) is 4.79 Å². The molecule has 0 saturated carbocycles. The third-order valence-electron chi connectivity index (χ3n) is 2.11. The average Bonchev–Trinajstić information content (AvgIpc) is 1.96. The first kappa shape index (κ1) is 13.2. The number of hydrogen-bond donors (Lipinski definition) is 1. The van der Waals surface area contributed by atoms with Crippen molar-refractivity contribution in [3.05, 3.63) is 12.2 Å². The van der Waals surface area contributed by atoms with E-state index >= 15 is 0 Å². The molecule has 3 heteroatoms. The summed E-state index contributed by atoms with van der Waals surface area (Å²) in [5.74, 6) is -0.909. The molecule has 0 aliphatic heterocycles. The van der Waals surface area contributed by atoms with E-state index in [4.69, 9.17) is 5.11 Å². The Kier molecular flexibility index (Phi) is 4.33. The fourth-order valence-electron chi connectivity index (χ4n) is 1.34. The van der Waals surface area contributed by atoms with Gasteiger partial charge in [-0.2, -0.15) is 0 Å². The van der Waals surface area contributed by atoms with Crippen LogP contribution in [0.1, 0.15) is 27.2 Å². The molecule has 1 unspecified atom stereocenters. The number of hydrogen-bond acceptors (Lipinski definition) is 2. The van der Waals surface area contributed by atoms with Crippen LogP contribution in [0.25, 0.3) is 0 Å². The Balaban J connectivity index is 4.62. The standard InChI is InChI=1S/C11H21NO2/c1-8(10(13)14)9(12(5)6)7-11(2,3)4/h9H,1,7H2,2-6H3,(H,13,14). The largest absolute Gasteiger partial charge is 0.478 e. The van der Waals surface area contributed by atoms with Crippen molar-refractivity contribution in [3.63, 3.8) is 0 Å². The normalized spacial score (nSPS) is 14.1. The first-order chi connectivity index (χ1) is 6.15. The molecule has 0 aromatic carbocycles. The Bertz CT molecular complexity index is 226. The monoisotopic (exact) mass is 199 g/mol. The topological polar surface area (TPSA) is 40.5 Å². The molecule has 0 spiro atoms. The van der Waals surface area contributed by atoms with Crippen molar-refractivity contribution < 1.29 is 9.90 Å². The summed E-state index contributed by atoms with van der Waals surface area (Å²) >= 11 is 0. The van der Waals surface area contributed by atoms with Gasteiger partial charge in [0.1, 0.15) is 0 Å². The zero-order chi connectivity index (χ0) is 11.5. The fraction of sp³-hybridized carbons (Fsp3) is 0.727. The molecule has 3 nitrogen and oxygen atoms in total. The highest BCUT2D eigenvalue weighted by Crippen LogP contribution is 2.25. The molecule has 0 amide bonds. The molecule has 0 heterocycles. The van der Waals surface area contributed by atoms with Crippen LogP contribution in [0.15, 0.2) is 12.2 Å². The van der Waals surface area contributed by atoms with E-state index in [2.05, 4.69) is 27.4 Å². The summed E-state index contributed by atoms with van der Waals surface area (Å²) in [5, 5.41) is 8.87. The molecule has 0 radical (unpaired) electrons. The Morgan fingerprint density at radius 2 is 1.86 bits per heavy atom. The molecule has 0 saturated heterocycles. The molecule has 0 aliphatic carbocycles. The van der Waals surface area contributed by atoms with Gasteiger partial charge in [0, 0.05) is 11.6 Å². The van der Waals surface area contributed by atoms with E-state index in [1.807, 2.05) is 19.0 Å². The van der Waals surface area contributed by atoms with Gasteiger partial charge in [-0.05, 0) is 25.9 Å². The third kappa shape index (κ3) is 4.42. The van der Waals surface area contributed by atoms with Gasteiger partial charge < -0.3 is 10.0 Å². The summed E-state index contributed by atoms with van der Waals surface area (Å²) in [6.07, 6.45) is 0.797. The molecule has 82 valence electrons. The van der Waals surface area contributed by atoms with Gasteiger partial charge in [-0.1, -0.05) is 27.4 Å². The SMILES string of the molecule is C=C(C(=O)O)C(CC(C)(C)C)N(C)C. The van der Waals surface area contributed by atoms with Crippen molar-refractivity contribution in [2.24, 2.45) is 5.41 Å². The minimum Gasteiger partial charge on any atom is -0.478 e. The lowest BCUT2D eigenvalue weighted by Crippen LogP contribution is -2.35. The molecule has 0 rings (SSSR count). The number of carboxylic acids is 1. The molecule has 14 heavy (non-hydrogen) atoms. The second-order valence-electron chi connectivity index (χ2n) is 5.07. The Labute approximate surface area is 86.4 Å². The summed E-state index contributed by atoms with van der Waals surface area (Å²) < 4.78 is 0. The van der Waals surface area contributed by atoms with Gasteiger partial charge in [-0.3, -0.25) is 0 Å². The molecule has 1 N–H and O–H groups in total. The van der Waals surface area contributed by atoms with Crippen LogP contribution in [0, 0.1) is 5.41 Å². The van der Waals surface area contributed by atoms with E-state index in [1.54, 1.807) is 0 Å². The van der Waals surface area contributed by atoms with Crippen molar-refractivity contribution in [1.29, 1.82) is 0 Å². The lowest BCUT2D eigenvalue weighted by molar-refractivity contribution is -0.133. The Morgan fingerprint density at radius 3 is 2.07 bits per heavy atom. The average molecular weight is 199 g/mol. The maximum atomic E-state index is 10.8. The van der Waals surface area contributed by atoms with E-state index in [0.717, 1.165) is 6.42 Å². The lowest BCUT2D eigenvalue weighted by Gasteiger charge is -2.30.